The summed E-state index contributed by atoms with van der Waals surface area (Å²) in [6.07, 6.45) is 7.06. The Kier molecular flexibility index (Phi) is 5.98. The maximum atomic E-state index is 12.5. The molecule has 0 saturated heterocycles. The van der Waals surface area contributed by atoms with Crippen molar-refractivity contribution in [2.45, 2.75) is 26.7 Å². The average Bonchev–Trinajstić information content (AvgIpc) is 3.13. The van der Waals surface area contributed by atoms with Crippen LogP contribution in [-0.4, -0.2) is 38.5 Å². The van der Waals surface area contributed by atoms with Crippen LogP contribution in [0.4, 0.5) is 0 Å². The summed E-state index contributed by atoms with van der Waals surface area (Å²) in [6.45, 7) is 5.02. The molecule has 0 aliphatic carbocycles. The highest BCUT2D eigenvalue weighted by atomic mass is 16.3. The number of hydrogen-bond donors (Lipinski definition) is 2. The topological polar surface area (TPSA) is 72.1 Å². The minimum absolute atomic E-state index is 0.131. The molecule has 0 aromatic carbocycles. The molecule has 23 heavy (non-hydrogen) atoms. The highest BCUT2D eigenvalue weighted by molar-refractivity contribution is 5.97. The molecular formula is C17H26N4O2. The number of carbonyl (C=O) groups is 1. The van der Waals surface area contributed by atoms with Gasteiger partial charge >= 0.3 is 0 Å². The van der Waals surface area contributed by atoms with E-state index in [2.05, 4.69) is 24.3 Å². The van der Waals surface area contributed by atoms with Crippen molar-refractivity contribution in [1.82, 2.24) is 19.7 Å². The van der Waals surface area contributed by atoms with Gasteiger partial charge in [0.2, 0.25) is 0 Å². The van der Waals surface area contributed by atoms with Crippen LogP contribution in [-0.2, 0) is 7.05 Å². The lowest BCUT2D eigenvalue weighted by atomic mass is 9.94. The molecule has 126 valence electrons. The van der Waals surface area contributed by atoms with Gasteiger partial charge in [-0.3, -0.25) is 9.48 Å². The van der Waals surface area contributed by atoms with E-state index in [9.17, 15) is 9.90 Å². The summed E-state index contributed by atoms with van der Waals surface area (Å²) in [4.78, 5) is 12.5. The van der Waals surface area contributed by atoms with Gasteiger partial charge in [0, 0.05) is 32.6 Å². The first kappa shape index (κ1) is 17.3. The number of nitrogens with zero attached hydrogens (tertiary/aromatic N) is 3. The highest BCUT2D eigenvalue weighted by Crippen LogP contribution is 2.16. The number of hydrogen-bond acceptors (Lipinski definition) is 3. The van der Waals surface area contributed by atoms with E-state index in [0.29, 0.717) is 24.4 Å². The molecule has 0 radical (unpaired) electrons. The Bertz CT molecular complexity index is 617. The van der Waals surface area contributed by atoms with E-state index >= 15 is 0 Å². The fourth-order valence-electron chi connectivity index (χ4n) is 2.86. The molecule has 2 rings (SSSR count). The van der Waals surface area contributed by atoms with Crippen LogP contribution < -0.4 is 5.32 Å². The fraction of sp³-hybridized carbons (Fsp3) is 0.529. The molecule has 6 heteroatoms. The largest absolute Gasteiger partial charge is 0.396 e. The summed E-state index contributed by atoms with van der Waals surface area (Å²) in [7, 11) is 1.82. The number of aliphatic hydroxyl groups is 1. The Balaban J connectivity index is 2.06. The normalized spacial score (nSPS) is 12.6. The molecule has 0 saturated carbocycles. The number of amides is 1. The predicted octanol–water partition coefficient (Wildman–Crippen LogP) is 1.99. The molecule has 0 aliphatic heterocycles. The van der Waals surface area contributed by atoms with Gasteiger partial charge in [0.1, 0.15) is 11.4 Å². The number of rotatable bonds is 8. The minimum Gasteiger partial charge on any atom is -0.396 e. The van der Waals surface area contributed by atoms with Crippen LogP contribution in [0.2, 0.25) is 0 Å². The number of aryl methyl sites for hydroxylation is 1. The van der Waals surface area contributed by atoms with Gasteiger partial charge in [-0.1, -0.05) is 13.8 Å². The lowest BCUT2D eigenvalue weighted by molar-refractivity contribution is 0.0941. The van der Waals surface area contributed by atoms with E-state index in [1.807, 2.05) is 36.1 Å². The van der Waals surface area contributed by atoms with Crippen LogP contribution in [0.1, 0.15) is 37.0 Å². The second-order valence-electron chi connectivity index (χ2n) is 6.31. The lowest BCUT2D eigenvalue weighted by Gasteiger charge is -2.18. The van der Waals surface area contributed by atoms with Gasteiger partial charge in [0.25, 0.3) is 5.91 Å². The number of nitrogens with one attached hydrogen (secondary N) is 1. The van der Waals surface area contributed by atoms with E-state index in [1.54, 1.807) is 10.9 Å². The minimum atomic E-state index is -0.131. The van der Waals surface area contributed by atoms with Crippen LogP contribution in [0.5, 0.6) is 0 Å². The summed E-state index contributed by atoms with van der Waals surface area (Å²) in [5, 5.41) is 16.4. The first-order valence-electron chi connectivity index (χ1n) is 8.07. The van der Waals surface area contributed by atoms with Crippen LogP contribution >= 0.6 is 0 Å². The van der Waals surface area contributed by atoms with Gasteiger partial charge in [-0.2, -0.15) is 5.10 Å². The van der Waals surface area contributed by atoms with E-state index in [-0.39, 0.29) is 18.4 Å². The van der Waals surface area contributed by atoms with E-state index in [0.717, 1.165) is 12.2 Å². The molecule has 1 unspecified atom stereocenters. The van der Waals surface area contributed by atoms with Crippen LogP contribution in [0.3, 0.4) is 0 Å². The first-order valence-corrected chi connectivity index (χ1v) is 8.07. The molecule has 0 bridgehead atoms. The summed E-state index contributed by atoms with van der Waals surface area (Å²) < 4.78 is 3.56. The number of aromatic nitrogens is 3. The van der Waals surface area contributed by atoms with Gasteiger partial charge < -0.3 is 15.0 Å². The molecule has 1 atom stereocenters. The Morgan fingerprint density at radius 3 is 2.65 bits per heavy atom. The third-order valence-corrected chi connectivity index (χ3v) is 3.89. The second kappa shape index (κ2) is 7.97. The Labute approximate surface area is 137 Å². The van der Waals surface area contributed by atoms with Crippen molar-refractivity contribution in [3.05, 3.63) is 36.3 Å². The molecule has 2 N–H and O–H groups in total. The van der Waals surface area contributed by atoms with Crippen LogP contribution in [0, 0.1) is 11.8 Å². The van der Waals surface area contributed by atoms with Crippen molar-refractivity contribution in [3.8, 4) is 5.82 Å². The fourth-order valence-corrected chi connectivity index (χ4v) is 2.86. The molecule has 2 aromatic heterocycles. The van der Waals surface area contributed by atoms with Crippen molar-refractivity contribution >= 4 is 5.91 Å². The molecule has 6 nitrogen and oxygen atoms in total. The Morgan fingerprint density at radius 1 is 1.35 bits per heavy atom. The molecular weight excluding hydrogens is 292 g/mol. The van der Waals surface area contributed by atoms with Gasteiger partial charge in [-0.05, 0) is 36.8 Å². The Hall–Kier alpha value is -2.08. The van der Waals surface area contributed by atoms with E-state index in [4.69, 9.17) is 0 Å². The van der Waals surface area contributed by atoms with Crippen molar-refractivity contribution in [2.75, 3.05) is 13.2 Å². The predicted molar refractivity (Wildman–Crippen MR) is 89.5 cm³/mol. The summed E-state index contributed by atoms with van der Waals surface area (Å²) in [5.74, 6) is 1.44. The maximum Gasteiger partial charge on any atom is 0.256 e. The third kappa shape index (κ3) is 4.45. The summed E-state index contributed by atoms with van der Waals surface area (Å²) in [6, 6.07) is 3.82. The smallest absolute Gasteiger partial charge is 0.256 e. The summed E-state index contributed by atoms with van der Waals surface area (Å²) >= 11 is 0. The van der Waals surface area contributed by atoms with Gasteiger partial charge in [-0.15, -0.1) is 0 Å². The van der Waals surface area contributed by atoms with Crippen molar-refractivity contribution in [1.29, 1.82) is 0 Å². The van der Waals surface area contributed by atoms with Crippen molar-refractivity contribution in [2.24, 2.45) is 18.9 Å². The van der Waals surface area contributed by atoms with Gasteiger partial charge in [0.05, 0.1) is 6.20 Å². The summed E-state index contributed by atoms with van der Waals surface area (Å²) in [5.41, 5.74) is 0.552. The second-order valence-corrected chi connectivity index (χ2v) is 6.31. The zero-order valence-corrected chi connectivity index (χ0v) is 14.1. The SMILES string of the molecule is CC(C)CC(CCO)CNC(=O)c1cnn(C)c1-n1cccc1. The zero-order valence-electron chi connectivity index (χ0n) is 14.1. The molecule has 0 fully saturated rings. The average molecular weight is 318 g/mol. The van der Waals surface area contributed by atoms with Crippen molar-refractivity contribution < 1.29 is 9.90 Å². The maximum absolute atomic E-state index is 12.5. The van der Waals surface area contributed by atoms with Gasteiger partial charge in [-0.25, -0.2) is 0 Å². The van der Waals surface area contributed by atoms with E-state index in [1.165, 1.54) is 0 Å². The number of carbonyl (C=O) groups excluding carboxylic acids is 1. The zero-order chi connectivity index (χ0) is 16.8. The Morgan fingerprint density at radius 2 is 2.04 bits per heavy atom. The monoisotopic (exact) mass is 318 g/mol. The van der Waals surface area contributed by atoms with Crippen LogP contribution in [0.15, 0.2) is 30.7 Å². The molecule has 2 aromatic rings. The molecule has 1 amide bonds. The number of aliphatic hydroxyl groups excluding tert-OH is 1. The first-order chi connectivity index (χ1) is 11.0. The van der Waals surface area contributed by atoms with E-state index < -0.39 is 0 Å². The van der Waals surface area contributed by atoms with Crippen LogP contribution in [0.25, 0.3) is 5.82 Å². The molecule has 2 heterocycles. The van der Waals surface area contributed by atoms with Gasteiger partial charge in [0.15, 0.2) is 0 Å². The quantitative estimate of drug-likeness (QED) is 0.782. The molecule has 0 spiro atoms. The molecule has 0 aliphatic rings. The highest BCUT2D eigenvalue weighted by Gasteiger charge is 2.19. The lowest BCUT2D eigenvalue weighted by Crippen LogP contribution is -2.31. The standard InChI is InChI=1S/C17H26N4O2/c1-13(2)10-14(6-9-22)11-18-16(23)15-12-19-20(3)17(15)21-7-4-5-8-21/h4-5,7-8,12-14,22H,6,9-11H2,1-3H3,(H,18,23). The van der Waals surface area contributed by atoms with Crippen molar-refractivity contribution in [3.63, 3.8) is 0 Å². The third-order valence-electron chi connectivity index (χ3n) is 3.89.